The Balaban J connectivity index is 2.83. The number of methoxy groups -OCH3 is 1. The summed E-state index contributed by atoms with van der Waals surface area (Å²) in [5.74, 6) is 0.472. The molecule has 0 aliphatic rings. The van der Waals surface area contributed by atoms with Crippen LogP contribution in [0.3, 0.4) is 0 Å². The Bertz CT molecular complexity index is 392. The van der Waals surface area contributed by atoms with Crippen LogP contribution < -0.4 is 4.74 Å². The molecule has 1 rings (SSSR count). The Kier molecular flexibility index (Phi) is 4.90. The van der Waals surface area contributed by atoms with E-state index in [4.69, 9.17) is 4.74 Å². The first-order valence-electron chi connectivity index (χ1n) is 5.57. The van der Waals surface area contributed by atoms with Gasteiger partial charge in [0.05, 0.1) is 24.2 Å². The van der Waals surface area contributed by atoms with Gasteiger partial charge in [-0.25, -0.2) is 0 Å². The minimum Gasteiger partial charge on any atom is -0.496 e. The molecule has 94 valence electrons. The Labute approximate surface area is 100 Å². The van der Waals surface area contributed by atoms with Gasteiger partial charge in [-0.2, -0.15) is 0 Å². The van der Waals surface area contributed by atoms with E-state index in [9.17, 15) is 15.2 Å². The summed E-state index contributed by atoms with van der Waals surface area (Å²) in [4.78, 5) is 10.3. The van der Waals surface area contributed by atoms with Gasteiger partial charge in [0.1, 0.15) is 5.75 Å². The van der Waals surface area contributed by atoms with Crippen LogP contribution in [0.5, 0.6) is 5.75 Å². The number of aliphatic hydroxyl groups excluding tert-OH is 1. The standard InChI is InChI=1S/C12H17NO4/c1-3-11(14)5-4-9-6-10(13(15)16)8-12(7-9)17-2/h6-8,11,14H,3-5H2,1-2H3. The highest BCUT2D eigenvalue weighted by Crippen LogP contribution is 2.23. The second kappa shape index (κ2) is 6.20. The van der Waals surface area contributed by atoms with E-state index < -0.39 is 4.92 Å². The molecule has 1 atom stereocenters. The Morgan fingerprint density at radius 1 is 1.47 bits per heavy atom. The van der Waals surface area contributed by atoms with Crippen LogP contribution in [0.25, 0.3) is 0 Å². The van der Waals surface area contributed by atoms with E-state index in [1.165, 1.54) is 19.2 Å². The zero-order chi connectivity index (χ0) is 12.8. The van der Waals surface area contributed by atoms with Gasteiger partial charge in [-0.1, -0.05) is 6.92 Å². The van der Waals surface area contributed by atoms with Gasteiger partial charge in [0.2, 0.25) is 0 Å². The molecule has 0 aliphatic carbocycles. The molecule has 17 heavy (non-hydrogen) atoms. The van der Waals surface area contributed by atoms with E-state index in [1.54, 1.807) is 6.07 Å². The number of nitro benzene ring substituents is 1. The van der Waals surface area contributed by atoms with Crippen molar-refractivity contribution in [2.75, 3.05) is 7.11 Å². The molecule has 1 unspecified atom stereocenters. The van der Waals surface area contributed by atoms with E-state index in [0.29, 0.717) is 25.0 Å². The van der Waals surface area contributed by atoms with Gasteiger partial charge in [0.15, 0.2) is 0 Å². The van der Waals surface area contributed by atoms with Crippen molar-refractivity contribution in [2.45, 2.75) is 32.3 Å². The van der Waals surface area contributed by atoms with E-state index in [-0.39, 0.29) is 11.8 Å². The zero-order valence-electron chi connectivity index (χ0n) is 10.0. The second-order valence-corrected chi connectivity index (χ2v) is 3.90. The molecule has 5 heteroatoms. The predicted octanol–water partition coefficient (Wildman–Crippen LogP) is 2.31. The number of hydrogen-bond acceptors (Lipinski definition) is 4. The molecule has 5 nitrogen and oxygen atoms in total. The van der Waals surface area contributed by atoms with Crippen LogP contribution in [0.2, 0.25) is 0 Å². The molecule has 0 saturated carbocycles. The molecular weight excluding hydrogens is 222 g/mol. The fraction of sp³-hybridized carbons (Fsp3) is 0.500. The monoisotopic (exact) mass is 239 g/mol. The Morgan fingerprint density at radius 2 is 2.18 bits per heavy atom. The predicted molar refractivity (Wildman–Crippen MR) is 64.3 cm³/mol. The molecule has 1 aromatic carbocycles. The molecule has 1 N–H and O–H groups in total. The van der Waals surface area contributed by atoms with Crippen LogP contribution in [0, 0.1) is 10.1 Å². The summed E-state index contributed by atoms with van der Waals surface area (Å²) in [6, 6.07) is 4.67. The van der Waals surface area contributed by atoms with Gasteiger partial charge in [0.25, 0.3) is 5.69 Å². The number of hydrogen-bond donors (Lipinski definition) is 1. The summed E-state index contributed by atoms with van der Waals surface area (Å²) in [7, 11) is 1.48. The van der Waals surface area contributed by atoms with Crippen LogP contribution in [0.1, 0.15) is 25.3 Å². The van der Waals surface area contributed by atoms with Crippen molar-refractivity contribution in [3.05, 3.63) is 33.9 Å². The minimum absolute atomic E-state index is 0.0188. The Hall–Kier alpha value is -1.62. The van der Waals surface area contributed by atoms with Crippen LogP contribution in [0.15, 0.2) is 18.2 Å². The first kappa shape index (κ1) is 13.4. The lowest BCUT2D eigenvalue weighted by Crippen LogP contribution is -2.06. The largest absolute Gasteiger partial charge is 0.496 e. The quantitative estimate of drug-likeness (QED) is 0.610. The minimum atomic E-state index is -0.442. The lowest BCUT2D eigenvalue weighted by Gasteiger charge is -2.08. The van der Waals surface area contributed by atoms with Crippen LogP contribution in [-0.2, 0) is 6.42 Å². The first-order valence-corrected chi connectivity index (χ1v) is 5.57. The number of nitrogens with zero attached hydrogens (tertiary/aromatic N) is 1. The average molecular weight is 239 g/mol. The average Bonchev–Trinajstić information content (AvgIpc) is 2.35. The molecule has 1 aromatic rings. The molecule has 0 fully saturated rings. The number of rotatable bonds is 6. The maximum atomic E-state index is 10.7. The second-order valence-electron chi connectivity index (χ2n) is 3.90. The van der Waals surface area contributed by atoms with Crippen molar-refractivity contribution in [1.82, 2.24) is 0 Å². The number of benzene rings is 1. The van der Waals surface area contributed by atoms with Crippen LogP contribution >= 0.6 is 0 Å². The fourth-order valence-corrected chi connectivity index (χ4v) is 1.55. The van der Waals surface area contributed by atoms with E-state index in [2.05, 4.69) is 0 Å². The smallest absolute Gasteiger partial charge is 0.273 e. The SMILES string of the molecule is CCC(O)CCc1cc(OC)cc([N+](=O)[O-])c1. The maximum Gasteiger partial charge on any atom is 0.273 e. The molecule has 0 bridgehead atoms. The van der Waals surface area contributed by atoms with Gasteiger partial charge in [0, 0.05) is 6.07 Å². The van der Waals surface area contributed by atoms with Gasteiger partial charge < -0.3 is 9.84 Å². The number of aliphatic hydroxyl groups is 1. The lowest BCUT2D eigenvalue weighted by molar-refractivity contribution is -0.385. The number of non-ortho nitro benzene ring substituents is 1. The van der Waals surface area contributed by atoms with Crippen molar-refractivity contribution >= 4 is 5.69 Å². The van der Waals surface area contributed by atoms with Crippen LogP contribution in [-0.4, -0.2) is 23.2 Å². The molecule has 0 saturated heterocycles. The van der Waals surface area contributed by atoms with E-state index >= 15 is 0 Å². The van der Waals surface area contributed by atoms with Gasteiger partial charge >= 0.3 is 0 Å². The van der Waals surface area contributed by atoms with Gasteiger partial charge in [-0.3, -0.25) is 10.1 Å². The summed E-state index contributed by atoms with van der Waals surface area (Å²) in [6.07, 6.45) is 1.53. The third-order valence-electron chi connectivity index (χ3n) is 2.64. The first-order chi connectivity index (χ1) is 8.06. The zero-order valence-corrected chi connectivity index (χ0v) is 10.0. The van der Waals surface area contributed by atoms with Crippen molar-refractivity contribution < 1.29 is 14.8 Å². The van der Waals surface area contributed by atoms with Crippen molar-refractivity contribution in [1.29, 1.82) is 0 Å². The highest BCUT2D eigenvalue weighted by atomic mass is 16.6. The summed E-state index contributed by atoms with van der Waals surface area (Å²) in [5, 5.41) is 20.2. The Morgan fingerprint density at radius 3 is 2.71 bits per heavy atom. The van der Waals surface area contributed by atoms with E-state index in [0.717, 1.165) is 5.56 Å². The number of nitro groups is 1. The van der Waals surface area contributed by atoms with E-state index in [1.807, 2.05) is 6.92 Å². The van der Waals surface area contributed by atoms with Crippen molar-refractivity contribution in [3.63, 3.8) is 0 Å². The summed E-state index contributed by atoms with van der Waals surface area (Å²) in [6.45, 7) is 1.90. The topological polar surface area (TPSA) is 72.6 Å². The highest BCUT2D eigenvalue weighted by Gasteiger charge is 2.11. The third kappa shape index (κ3) is 4.03. The van der Waals surface area contributed by atoms with Crippen molar-refractivity contribution in [3.8, 4) is 5.75 Å². The summed E-state index contributed by atoms with van der Waals surface area (Å²) in [5.41, 5.74) is 0.828. The molecule has 0 aromatic heterocycles. The summed E-state index contributed by atoms with van der Waals surface area (Å²) < 4.78 is 5.01. The normalized spacial score (nSPS) is 12.2. The lowest BCUT2D eigenvalue weighted by atomic mass is 10.0. The van der Waals surface area contributed by atoms with Gasteiger partial charge in [-0.05, 0) is 30.9 Å². The maximum absolute atomic E-state index is 10.7. The van der Waals surface area contributed by atoms with Gasteiger partial charge in [-0.15, -0.1) is 0 Å². The van der Waals surface area contributed by atoms with Crippen molar-refractivity contribution in [2.24, 2.45) is 0 Å². The molecular formula is C12H17NO4. The number of aryl methyl sites for hydroxylation is 1. The fourth-order valence-electron chi connectivity index (χ4n) is 1.55. The molecule has 0 aliphatic heterocycles. The molecule has 0 heterocycles. The third-order valence-corrected chi connectivity index (χ3v) is 2.64. The summed E-state index contributed by atoms with van der Waals surface area (Å²) >= 11 is 0. The number of ether oxygens (including phenoxy) is 1. The molecule has 0 amide bonds. The molecule has 0 radical (unpaired) electrons. The molecule has 0 spiro atoms. The highest BCUT2D eigenvalue weighted by molar-refractivity contribution is 5.42. The van der Waals surface area contributed by atoms with Crippen LogP contribution in [0.4, 0.5) is 5.69 Å².